The first-order chi connectivity index (χ1) is 11.6. The summed E-state index contributed by atoms with van der Waals surface area (Å²) < 4.78 is 12.0. The molecule has 0 radical (unpaired) electrons. The van der Waals surface area contributed by atoms with Crippen molar-refractivity contribution in [2.24, 2.45) is 0 Å². The quantitative estimate of drug-likeness (QED) is 0.549. The average Bonchev–Trinajstić information content (AvgIpc) is 2.60. The minimum Gasteiger partial charge on any atom is -0.490 e. The van der Waals surface area contributed by atoms with Gasteiger partial charge in [0.1, 0.15) is 19.0 Å². The zero-order valence-electron chi connectivity index (χ0n) is 14.0. The fourth-order valence-electron chi connectivity index (χ4n) is 2.15. The zero-order valence-corrected chi connectivity index (χ0v) is 14.0. The molecule has 2 aromatic rings. The minimum atomic E-state index is -0.564. The number of hydrogen-bond acceptors (Lipinski definition) is 5. The Morgan fingerprint density at radius 2 is 2.00 bits per heavy atom. The number of carbonyl (C=O) groups excluding carboxylic acids is 1. The first-order valence-electron chi connectivity index (χ1n) is 8.11. The van der Waals surface area contributed by atoms with E-state index in [4.69, 9.17) is 9.47 Å². The Bertz CT molecular complexity index is 740. The molecule has 0 aliphatic heterocycles. The van der Waals surface area contributed by atoms with Crippen LogP contribution in [0.25, 0.3) is 0 Å². The van der Waals surface area contributed by atoms with E-state index in [-0.39, 0.29) is 24.5 Å². The lowest BCUT2D eigenvalue weighted by Crippen LogP contribution is -2.25. The van der Waals surface area contributed by atoms with Crippen LogP contribution in [0.2, 0.25) is 0 Å². The topological polar surface area (TPSA) is 70.4 Å². The van der Waals surface area contributed by atoms with E-state index < -0.39 is 5.97 Å². The molecular weight excluding hydrogens is 308 g/mol. The van der Waals surface area contributed by atoms with Crippen LogP contribution in [0.4, 0.5) is 0 Å². The fraction of sp³-hybridized carbons (Fsp3) is 0.389. The SMILES string of the molecule is CCCn1nc(C(=O)OCCOc2cccc(CC)c2)ccc1=O. The summed E-state index contributed by atoms with van der Waals surface area (Å²) in [5.74, 6) is 0.186. The molecule has 1 aromatic carbocycles. The van der Waals surface area contributed by atoms with Crippen molar-refractivity contribution in [3.63, 3.8) is 0 Å². The smallest absolute Gasteiger partial charge is 0.358 e. The second-order valence-corrected chi connectivity index (χ2v) is 5.27. The van der Waals surface area contributed by atoms with Crippen LogP contribution in [0.5, 0.6) is 5.75 Å². The fourth-order valence-corrected chi connectivity index (χ4v) is 2.15. The molecule has 6 heteroatoms. The van der Waals surface area contributed by atoms with Crippen LogP contribution in [0, 0.1) is 0 Å². The predicted octanol–water partition coefficient (Wildman–Crippen LogP) is 2.45. The van der Waals surface area contributed by atoms with Crippen LogP contribution < -0.4 is 10.3 Å². The number of ether oxygens (including phenoxy) is 2. The molecule has 24 heavy (non-hydrogen) atoms. The highest BCUT2D eigenvalue weighted by Gasteiger charge is 2.11. The highest BCUT2D eigenvalue weighted by Crippen LogP contribution is 2.13. The van der Waals surface area contributed by atoms with Gasteiger partial charge in [-0.2, -0.15) is 5.10 Å². The maximum atomic E-state index is 12.0. The van der Waals surface area contributed by atoms with E-state index in [0.717, 1.165) is 18.6 Å². The van der Waals surface area contributed by atoms with Gasteiger partial charge in [-0.25, -0.2) is 9.48 Å². The summed E-state index contributed by atoms with van der Waals surface area (Å²) in [7, 11) is 0. The maximum Gasteiger partial charge on any atom is 0.358 e. The van der Waals surface area contributed by atoms with Gasteiger partial charge < -0.3 is 9.47 Å². The third-order valence-electron chi connectivity index (χ3n) is 3.40. The molecule has 1 aromatic heterocycles. The highest BCUT2D eigenvalue weighted by atomic mass is 16.6. The number of carbonyl (C=O) groups is 1. The molecule has 0 spiro atoms. The molecule has 128 valence electrons. The van der Waals surface area contributed by atoms with Gasteiger partial charge in [0.2, 0.25) is 0 Å². The number of rotatable bonds is 8. The molecule has 2 rings (SSSR count). The van der Waals surface area contributed by atoms with Gasteiger partial charge in [0.25, 0.3) is 5.56 Å². The molecule has 0 fully saturated rings. The highest BCUT2D eigenvalue weighted by molar-refractivity contribution is 5.86. The van der Waals surface area contributed by atoms with E-state index in [9.17, 15) is 9.59 Å². The molecule has 0 unspecified atom stereocenters. The summed E-state index contributed by atoms with van der Waals surface area (Å²) in [6, 6.07) is 10.5. The summed E-state index contributed by atoms with van der Waals surface area (Å²) in [6.07, 6.45) is 1.70. The van der Waals surface area contributed by atoms with Gasteiger partial charge in [-0.1, -0.05) is 26.0 Å². The van der Waals surface area contributed by atoms with Crippen molar-refractivity contribution in [1.29, 1.82) is 0 Å². The minimum absolute atomic E-state index is 0.115. The molecule has 1 heterocycles. The first kappa shape index (κ1) is 17.7. The van der Waals surface area contributed by atoms with Crippen molar-refractivity contribution >= 4 is 5.97 Å². The van der Waals surface area contributed by atoms with Crippen molar-refractivity contribution in [3.05, 3.63) is 58.0 Å². The van der Waals surface area contributed by atoms with E-state index in [1.165, 1.54) is 22.4 Å². The summed E-state index contributed by atoms with van der Waals surface area (Å²) in [4.78, 5) is 23.6. The Morgan fingerprint density at radius 1 is 1.17 bits per heavy atom. The van der Waals surface area contributed by atoms with Gasteiger partial charge in [0.15, 0.2) is 5.69 Å². The van der Waals surface area contributed by atoms with Crippen molar-refractivity contribution in [1.82, 2.24) is 9.78 Å². The lowest BCUT2D eigenvalue weighted by molar-refractivity contribution is 0.0440. The molecule has 0 saturated heterocycles. The Balaban J connectivity index is 1.84. The molecule has 0 saturated carbocycles. The summed E-state index contributed by atoms with van der Waals surface area (Å²) in [5.41, 5.74) is 1.08. The van der Waals surface area contributed by atoms with Crippen molar-refractivity contribution in [2.75, 3.05) is 13.2 Å². The van der Waals surface area contributed by atoms with Gasteiger partial charge in [-0.15, -0.1) is 0 Å². The van der Waals surface area contributed by atoms with Crippen LogP contribution in [-0.4, -0.2) is 29.0 Å². The Kier molecular flexibility index (Phi) is 6.54. The van der Waals surface area contributed by atoms with Crippen molar-refractivity contribution < 1.29 is 14.3 Å². The average molecular weight is 330 g/mol. The molecule has 0 aliphatic rings. The Morgan fingerprint density at radius 3 is 2.75 bits per heavy atom. The second kappa shape index (κ2) is 8.86. The molecule has 0 bridgehead atoms. The Labute approximate surface area is 141 Å². The predicted molar refractivity (Wildman–Crippen MR) is 90.4 cm³/mol. The standard InChI is InChI=1S/C18H22N2O4/c1-3-10-20-17(21)9-8-16(19-20)18(22)24-12-11-23-15-7-5-6-14(4-2)13-15/h5-9,13H,3-4,10-12H2,1-2H3. The van der Waals surface area contributed by atoms with Gasteiger partial charge in [-0.05, 0) is 36.6 Å². The molecular formula is C18H22N2O4. The summed E-state index contributed by atoms with van der Waals surface area (Å²) >= 11 is 0. The number of esters is 1. The molecule has 6 nitrogen and oxygen atoms in total. The van der Waals surface area contributed by atoms with E-state index in [1.54, 1.807) is 0 Å². The monoisotopic (exact) mass is 330 g/mol. The van der Waals surface area contributed by atoms with E-state index in [2.05, 4.69) is 12.0 Å². The molecule has 0 aliphatic carbocycles. The number of hydrogen-bond donors (Lipinski definition) is 0. The second-order valence-electron chi connectivity index (χ2n) is 5.27. The Hall–Kier alpha value is -2.63. The van der Waals surface area contributed by atoms with E-state index in [1.807, 2.05) is 31.2 Å². The van der Waals surface area contributed by atoms with Gasteiger partial charge >= 0.3 is 5.97 Å². The summed E-state index contributed by atoms with van der Waals surface area (Å²) in [6.45, 7) is 4.85. The van der Waals surface area contributed by atoms with E-state index in [0.29, 0.717) is 6.54 Å². The van der Waals surface area contributed by atoms with Crippen molar-refractivity contribution in [2.45, 2.75) is 33.2 Å². The van der Waals surface area contributed by atoms with Crippen molar-refractivity contribution in [3.8, 4) is 5.75 Å². The molecule has 0 N–H and O–H groups in total. The van der Waals surface area contributed by atoms with Gasteiger partial charge in [0.05, 0.1) is 0 Å². The van der Waals surface area contributed by atoms with Crippen LogP contribution in [0.1, 0.15) is 36.3 Å². The first-order valence-corrected chi connectivity index (χ1v) is 8.11. The zero-order chi connectivity index (χ0) is 17.4. The molecule has 0 atom stereocenters. The largest absolute Gasteiger partial charge is 0.490 e. The number of nitrogens with zero attached hydrogens (tertiary/aromatic N) is 2. The van der Waals surface area contributed by atoms with Crippen LogP contribution in [0.3, 0.4) is 0 Å². The lowest BCUT2D eigenvalue weighted by Gasteiger charge is -2.09. The normalized spacial score (nSPS) is 10.4. The van der Waals surface area contributed by atoms with Crippen LogP contribution in [0.15, 0.2) is 41.2 Å². The number of aryl methyl sites for hydroxylation is 2. The number of benzene rings is 1. The number of aromatic nitrogens is 2. The van der Waals surface area contributed by atoms with Crippen LogP contribution >= 0.6 is 0 Å². The van der Waals surface area contributed by atoms with E-state index >= 15 is 0 Å². The third-order valence-corrected chi connectivity index (χ3v) is 3.40. The maximum absolute atomic E-state index is 12.0. The van der Waals surface area contributed by atoms with Gasteiger partial charge in [-0.3, -0.25) is 4.79 Å². The third kappa shape index (κ3) is 4.94. The van der Waals surface area contributed by atoms with Gasteiger partial charge in [0, 0.05) is 12.6 Å². The molecule has 0 amide bonds. The summed E-state index contributed by atoms with van der Waals surface area (Å²) in [5, 5.41) is 4.01. The van der Waals surface area contributed by atoms with Crippen LogP contribution in [-0.2, 0) is 17.7 Å². The lowest BCUT2D eigenvalue weighted by atomic mass is 10.2.